The van der Waals surface area contributed by atoms with Gasteiger partial charge in [-0.1, -0.05) is 0 Å². The Labute approximate surface area is 94.0 Å². The molecule has 1 N–H and O–H groups in total. The van der Waals surface area contributed by atoms with Gasteiger partial charge in [0.15, 0.2) is 0 Å². The molecule has 5 heteroatoms. The molecule has 0 aromatic rings. The minimum atomic E-state index is -0.137. The lowest BCUT2D eigenvalue weighted by Gasteiger charge is -2.41. The third-order valence-corrected chi connectivity index (χ3v) is 4.27. The van der Waals surface area contributed by atoms with Crippen LogP contribution in [0.5, 0.6) is 0 Å². The number of hydrogen-bond donors (Lipinski definition) is 1. The molecule has 2 unspecified atom stereocenters. The van der Waals surface area contributed by atoms with E-state index < -0.39 is 0 Å². The number of carbonyl (C=O) groups excluding carboxylic acids is 1. The molecule has 2 saturated heterocycles. The van der Waals surface area contributed by atoms with Crippen molar-refractivity contribution in [3.05, 3.63) is 0 Å². The van der Waals surface area contributed by atoms with Gasteiger partial charge in [-0.2, -0.15) is 0 Å². The van der Waals surface area contributed by atoms with Gasteiger partial charge >= 0.3 is 0 Å². The van der Waals surface area contributed by atoms with Crippen molar-refractivity contribution in [2.24, 2.45) is 0 Å². The van der Waals surface area contributed by atoms with Crippen molar-refractivity contribution in [3.8, 4) is 0 Å². The molecule has 2 rings (SSSR count). The molecule has 0 radical (unpaired) electrons. The minimum Gasteiger partial charge on any atom is -0.394 e. The summed E-state index contributed by atoms with van der Waals surface area (Å²) in [6, 6.07) is -0.137. The third-order valence-electron chi connectivity index (χ3n) is 2.89. The van der Waals surface area contributed by atoms with Crippen LogP contribution in [0.2, 0.25) is 0 Å². The first-order chi connectivity index (χ1) is 7.33. The summed E-state index contributed by atoms with van der Waals surface area (Å²) >= 11 is 1.83. The molecule has 15 heavy (non-hydrogen) atoms. The van der Waals surface area contributed by atoms with Gasteiger partial charge in [0.25, 0.3) is 0 Å². The minimum absolute atomic E-state index is 0.00278. The molecule has 4 nitrogen and oxygen atoms in total. The average Bonchev–Trinajstić information content (AvgIpc) is 2.29. The summed E-state index contributed by atoms with van der Waals surface area (Å²) in [5.74, 6) is 1.15. The molecular formula is C10H17NO3S. The van der Waals surface area contributed by atoms with Crippen LogP contribution in [0, 0.1) is 0 Å². The lowest BCUT2D eigenvalue weighted by molar-refractivity contribution is -0.151. The molecule has 1 amide bonds. The van der Waals surface area contributed by atoms with Crippen LogP contribution >= 0.6 is 11.8 Å². The Hall–Kier alpha value is -0.260. The number of aliphatic hydroxyl groups is 1. The Morgan fingerprint density at radius 3 is 3.07 bits per heavy atom. The number of aliphatic hydroxyl groups excluding tert-OH is 1. The molecule has 0 aliphatic carbocycles. The highest BCUT2D eigenvalue weighted by Crippen LogP contribution is 2.30. The number of amides is 1. The number of morpholine rings is 1. The molecule has 0 aromatic heterocycles. The quantitative estimate of drug-likeness (QED) is 0.749. The molecule has 0 aromatic carbocycles. The maximum absolute atomic E-state index is 11.7. The molecule has 0 saturated carbocycles. The Morgan fingerprint density at radius 1 is 1.53 bits per heavy atom. The van der Waals surface area contributed by atoms with Crippen molar-refractivity contribution in [2.45, 2.75) is 30.7 Å². The van der Waals surface area contributed by atoms with Gasteiger partial charge in [0.2, 0.25) is 5.91 Å². The van der Waals surface area contributed by atoms with E-state index in [4.69, 9.17) is 4.74 Å². The second-order valence-electron chi connectivity index (χ2n) is 3.97. The van der Waals surface area contributed by atoms with Gasteiger partial charge in [-0.3, -0.25) is 4.79 Å². The van der Waals surface area contributed by atoms with E-state index in [1.165, 1.54) is 12.8 Å². The molecule has 2 heterocycles. The first-order valence-corrected chi connectivity index (χ1v) is 6.49. The molecule has 2 fully saturated rings. The zero-order valence-corrected chi connectivity index (χ0v) is 9.54. The summed E-state index contributed by atoms with van der Waals surface area (Å²) in [6.45, 7) is 0.648. The van der Waals surface area contributed by atoms with Crippen LogP contribution in [0.25, 0.3) is 0 Å². The SMILES string of the molecule is O=C1COCC(CO)N1C1CCCCS1. The van der Waals surface area contributed by atoms with Gasteiger partial charge in [-0.15, -0.1) is 11.8 Å². The van der Waals surface area contributed by atoms with Crippen LogP contribution in [0.4, 0.5) is 0 Å². The van der Waals surface area contributed by atoms with Crippen molar-refractivity contribution in [1.82, 2.24) is 4.90 Å². The molecule has 0 bridgehead atoms. The van der Waals surface area contributed by atoms with E-state index in [0.29, 0.717) is 6.61 Å². The largest absolute Gasteiger partial charge is 0.394 e. The van der Waals surface area contributed by atoms with Crippen molar-refractivity contribution < 1.29 is 14.6 Å². The van der Waals surface area contributed by atoms with Crippen LogP contribution < -0.4 is 0 Å². The summed E-state index contributed by atoms with van der Waals surface area (Å²) in [5, 5.41) is 9.48. The molecule has 0 spiro atoms. The van der Waals surface area contributed by atoms with Crippen molar-refractivity contribution >= 4 is 17.7 Å². The van der Waals surface area contributed by atoms with Crippen LogP contribution in [0.1, 0.15) is 19.3 Å². The fraction of sp³-hybridized carbons (Fsp3) is 0.900. The summed E-state index contributed by atoms with van der Waals surface area (Å²) in [4.78, 5) is 13.6. The van der Waals surface area contributed by atoms with Gasteiger partial charge in [0.1, 0.15) is 6.61 Å². The predicted octanol–water partition coefficient (Wildman–Crippen LogP) is 0.449. The van der Waals surface area contributed by atoms with E-state index in [0.717, 1.165) is 12.2 Å². The highest BCUT2D eigenvalue weighted by molar-refractivity contribution is 7.99. The second kappa shape index (κ2) is 5.18. The number of thioether (sulfide) groups is 1. The highest BCUT2D eigenvalue weighted by Gasteiger charge is 2.34. The lowest BCUT2D eigenvalue weighted by atomic mass is 10.1. The smallest absolute Gasteiger partial charge is 0.249 e. The maximum Gasteiger partial charge on any atom is 0.249 e. The second-order valence-corrected chi connectivity index (χ2v) is 5.26. The van der Waals surface area contributed by atoms with Crippen molar-refractivity contribution in [3.63, 3.8) is 0 Å². The molecule has 2 aliphatic heterocycles. The van der Waals surface area contributed by atoms with Crippen LogP contribution in [-0.2, 0) is 9.53 Å². The number of ether oxygens (including phenoxy) is 1. The molecule has 86 valence electrons. The Kier molecular flexibility index (Phi) is 3.88. The first kappa shape index (κ1) is 11.2. The number of rotatable bonds is 2. The highest BCUT2D eigenvalue weighted by atomic mass is 32.2. The monoisotopic (exact) mass is 231 g/mol. The van der Waals surface area contributed by atoms with E-state index in [1.54, 1.807) is 0 Å². The van der Waals surface area contributed by atoms with Crippen molar-refractivity contribution in [2.75, 3.05) is 25.6 Å². The van der Waals surface area contributed by atoms with Crippen LogP contribution in [-0.4, -0.2) is 52.9 Å². The van der Waals surface area contributed by atoms with E-state index in [1.807, 2.05) is 16.7 Å². The number of nitrogens with zero attached hydrogens (tertiary/aromatic N) is 1. The maximum atomic E-state index is 11.7. The molecule has 2 aliphatic rings. The summed E-state index contributed by atoms with van der Waals surface area (Å²) in [5.41, 5.74) is 0. The standard InChI is InChI=1S/C10H17NO3S/c12-5-8-6-14-7-9(13)11(8)10-3-1-2-4-15-10/h8,10,12H,1-7H2. The third kappa shape index (κ3) is 2.46. The Morgan fingerprint density at radius 2 is 2.40 bits per heavy atom. The zero-order valence-electron chi connectivity index (χ0n) is 8.72. The first-order valence-electron chi connectivity index (χ1n) is 5.44. The van der Waals surface area contributed by atoms with Gasteiger partial charge in [-0.05, 0) is 25.0 Å². The lowest BCUT2D eigenvalue weighted by Crippen LogP contribution is -2.55. The average molecular weight is 231 g/mol. The topological polar surface area (TPSA) is 49.8 Å². The van der Waals surface area contributed by atoms with Gasteiger partial charge < -0.3 is 14.7 Å². The Bertz CT molecular complexity index is 231. The number of hydrogen-bond acceptors (Lipinski definition) is 4. The normalized spacial score (nSPS) is 33.1. The summed E-state index contributed by atoms with van der Waals surface area (Å²) < 4.78 is 5.15. The molecular weight excluding hydrogens is 214 g/mol. The zero-order chi connectivity index (χ0) is 10.7. The Balaban J connectivity index is 2.03. The van der Waals surface area contributed by atoms with Gasteiger partial charge in [0, 0.05) is 0 Å². The van der Waals surface area contributed by atoms with Crippen molar-refractivity contribution in [1.29, 1.82) is 0 Å². The molecule has 2 atom stereocenters. The van der Waals surface area contributed by atoms with E-state index in [-0.39, 0.29) is 30.5 Å². The van der Waals surface area contributed by atoms with Crippen LogP contribution in [0.15, 0.2) is 0 Å². The summed E-state index contributed by atoms with van der Waals surface area (Å²) in [6.07, 6.45) is 3.47. The van der Waals surface area contributed by atoms with E-state index in [2.05, 4.69) is 0 Å². The fourth-order valence-corrected chi connectivity index (χ4v) is 3.55. The van der Waals surface area contributed by atoms with E-state index >= 15 is 0 Å². The van der Waals surface area contributed by atoms with Gasteiger partial charge in [0.05, 0.1) is 24.6 Å². The summed E-state index contributed by atoms with van der Waals surface area (Å²) in [7, 11) is 0. The predicted molar refractivity (Wildman–Crippen MR) is 58.6 cm³/mol. The van der Waals surface area contributed by atoms with Gasteiger partial charge in [-0.25, -0.2) is 0 Å². The van der Waals surface area contributed by atoms with Crippen LogP contribution in [0.3, 0.4) is 0 Å². The number of carbonyl (C=O) groups is 1. The fourth-order valence-electron chi connectivity index (χ4n) is 2.12. The van der Waals surface area contributed by atoms with E-state index in [9.17, 15) is 9.90 Å².